The quantitative estimate of drug-likeness (QED) is 0.479. The monoisotopic (exact) mass is 472 g/mol. The third-order valence-electron chi connectivity index (χ3n) is 7.66. The van der Waals surface area contributed by atoms with Crippen LogP contribution in [0.4, 0.5) is 0 Å². The van der Waals surface area contributed by atoms with E-state index in [0.717, 1.165) is 35.3 Å². The van der Waals surface area contributed by atoms with Gasteiger partial charge >= 0.3 is 0 Å². The Balaban J connectivity index is 1.42. The van der Waals surface area contributed by atoms with Crippen molar-refractivity contribution < 1.29 is 9.59 Å². The molecule has 1 saturated carbocycles. The number of aromatic nitrogens is 2. The van der Waals surface area contributed by atoms with Crippen molar-refractivity contribution in [1.82, 2.24) is 19.4 Å². The van der Waals surface area contributed by atoms with Gasteiger partial charge in [-0.05, 0) is 44.4 Å². The number of benzene rings is 2. The number of imidazole rings is 1. The van der Waals surface area contributed by atoms with Crippen LogP contribution in [0, 0.1) is 0 Å². The molecule has 2 fully saturated rings. The molecule has 6 nitrogen and oxygen atoms in total. The number of hydrogen-bond acceptors (Lipinski definition) is 3. The number of nitrogens with zero attached hydrogens (tertiary/aromatic N) is 4. The van der Waals surface area contributed by atoms with Crippen LogP contribution in [0.2, 0.25) is 0 Å². The largest absolute Gasteiger partial charge is 0.339 e. The summed E-state index contributed by atoms with van der Waals surface area (Å²) < 4.78 is 2.07. The van der Waals surface area contributed by atoms with Crippen molar-refractivity contribution in [2.24, 2.45) is 0 Å². The number of rotatable bonds is 7. The summed E-state index contributed by atoms with van der Waals surface area (Å²) in [6.45, 7) is 5.64. The van der Waals surface area contributed by atoms with E-state index in [9.17, 15) is 9.59 Å². The van der Waals surface area contributed by atoms with Gasteiger partial charge in [-0.15, -0.1) is 0 Å². The minimum atomic E-state index is 0.0197. The molecule has 2 aliphatic rings. The highest BCUT2D eigenvalue weighted by molar-refractivity contribution is 5.83. The predicted molar refractivity (Wildman–Crippen MR) is 138 cm³/mol. The summed E-state index contributed by atoms with van der Waals surface area (Å²) in [5, 5.41) is 0. The van der Waals surface area contributed by atoms with Gasteiger partial charge in [-0.1, -0.05) is 61.7 Å². The molecule has 0 spiro atoms. The topological polar surface area (TPSA) is 58.4 Å². The number of carbonyl (C=O) groups is 2. The van der Waals surface area contributed by atoms with Gasteiger partial charge in [-0.3, -0.25) is 9.59 Å². The first kappa shape index (κ1) is 23.6. The Kier molecular flexibility index (Phi) is 6.89. The summed E-state index contributed by atoms with van der Waals surface area (Å²) in [6, 6.07) is 18.6. The lowest BCUT2D eigenvalue weighted by Crippen LogP contribution is -2.39. The zero-order valence-corrected chi connectivity index (χ0v) is 20.9. The fraction of sp³-hybridized carbons (Fsp3) is 0.483. The molecule has 1 aliphatic carbocycles. The van der Waals surface area contributed by atoms with Crippen LogP contribution < -0.4 is 0 Å². The van der Waals surface area contributed by atoms with Crippen LogP contribution in [-0.2, 0) is 22.7 Å². The molecule has 2 amide bonds. The maximum Gasteiger partial charge on any atom is 0.243 e. The number of hydrogen-bond donors (Lipinski definition) is 0. The molecule has 1 aromatic heterocycles. The molecule has 2 heterocycles. The Morgan fingerprint density at radius 3 is 2.49 bits per heavy atom. The van der Waals surface area contributed by atoms with Gasteiger partial charge in [0.2, 0.25) is 11.8 Å². The van der Waals surface area contributed by atoms with Crippen molar-refractivity contribution in [2.45, 2.75) is 83.5 Å². The van der Waals surface area contributed by atoms with Gasteiger partial charge in [-0.25, -0.2) is 4.98 Å². The number of fused-ring (bicyclic) bond motifs is 1. The molecule has 1 aliphatic heterocycles. The van der Waals surface area contributed by atoms with E-state index in [2.05, 4.69) is 35.4 Å². The zero-order chi connectivity index (χ0) is 24.4. The van der Waals surface area contributed by atoms with E-state index in [1.165, 1.54) is 19.3 Å². The van der Waals surface area contributed by atoms with Crippen molar-refractivity contribution in [3.63, 3.8) is 0 Å². The number of amides is 2. The molecular formula is C29H36N4O2. The van der Waals surface area contributed by atoms with Gasteiger partial charge < -0.3 is 14.4 Å². The van der Waals surface area contributed by atoms with E-state index in [1.54, 1.807) is 0 Å². The van der Waals surface area contributed by atoms with Gasteiger partial charge in [0.25, 0.3) is 0 Å². The van der Waals surface area contributed by atoms with E-state index in [1.807, 2.05) is 47.4 Å². The maximum atomic E-state index is 13.6. The smallest absolute Gasteiger partial charge is 0.243 e. The Morgan fingerprint density at radius 1 is 1.03 bits per heavy atom. The van der Waals surface area contributed by atoms with Crippen LogP contribution in [0.3, 0.4) is 0 Å². The Hall–Kier alpha value is -3.15. The summed E-state index contributed by atoms with van der Waals surface area (Å²) in [7, 11) is 0. The molecule has 0 bridgehead atoms. The normalized spacial score (nSPS) is 19.1. The molecule has 5 rings (SSSR count). The van der Waals surface area contributed by atoms with E-state index in [0.29, 0.717) is 25.6 Å². The zero-order valence-electron chi connectivity index (χ0n) is 20.9. The lowest BCUT2D eigenvalue weighted by atomic mass is 9.94. The molecule has 0 radical (unpaired) electrons. The van der Waals surface area contributed by atoms with E-state index in [-0.39, 0.29) is 30.3 Å². The van der Waals surface area contributed by atoms with Crippen LogP contribution in [0.25, 0.3) is 11.0 Å². The maximum absolute atomic E-state index is 13.6. The second kappa shape index (κ2) is 10.2. The van der Waals surface area contributed by atoms with Crippen molar-refractivity contribution in [3.8, 4) is 0 Å². The summed E-state index contributed by atoms with van der Waals surface area (Å²) in [5.41, 5.74) is 2.97. The van der Waals surface area contributed by atoms with Gasteiger partial charge in [0, 0.05) is 37.5 Å². The highest BCUT2D eigenvalue weighted by atomic mass is 16.2. The molecule has 35 heavy (non-hydrogen) atoms. The Morgan fingerprint density at radius 2 is 1.74 bits per heavy atom. The molecule has 3 aromatic rings. The van der Waals surface area contributed by atoms with Crippen molar-refractivity contribution in [3.05, 3.63) is 66.0 Å². The Labute approximate surface area is 207 Å². The van der Waals surface area contributed by atoms with E-state index in [4.69, 9.17) is 4.98 Å². The average molecular weight is 473 g/mol. The number of para-hydroxylation sites is 2. The minimum Gasteiger partial charge on any atom is -0.339 e. The highest BCUT2D eigenvalue weighted by Crippen LogP contribution is 2.34. The van der Waals surface area contributed by atoms with Gasteiger partial charge in [0.15, 0.2) is 0 Å². The fourth-order valence-corrected chi connectivity index (χ4v) is 5.79. The van der Waals surface area contributed by atoms with Gasteiger partial charge in [0.05, 0.1) is 11.0 Å². The van der Waals surface area contributed by atoms with Crippen LogP contribution in [0.5, 0.6) is 0 Å². The van der Waals surface area contributed by atoms with Gasteiger partial charge in [0.1, 0.15) is 12.4 Å². The third kappa shape index (κ3) is 4.97. The standard InChI is InChI=1S/C29H36N4O2/c1-21(2)31(18-22-11-5-3-6-12-22)28(35)20-33-26-16-10-9-15-25(26)30-29(33)23-17-27(34)32(19-23)24-13-7-4-8-14-24/h3,5-6,9-12,15-16,21,23-24H,4,7-8,13-14,17-20H2,1-2H3. The summed E-state index contributed by atoms with van der Waals surface area (Å²) >= 11 is 0. The van der Waals surface area contributed by atoms with Crippen LogP contribution in [0.1, 0.15) is 69.7 Å². The first-order chi connectivity index (χ1) is 17.0. The van der Waals surface area contributed by atoms with Crippen molar-refractivity contribution in [2.75, 3.05) is 6.54 Å². The molecular weight excluding hydrogens is 436 g/mol. The molecule has 2 aromatic carbocycles. The molecule has 6 heteroatoms. The second-order valence-corrected chi connectivity index (χ2v) is 10.4. The first-order valence-electron chi connectivity index (χ1n) is 13.1. The first-order valence-corrected chi connectivity index (χ1v) is 13.1. The predicted octanol–water partition coefficient (Wildman–Crippen LogP) is 5.12. The van der Waals surface area contributed by atoms with Crippen molar-refractivity contribution >= 4 is 22.8 Å². The Bertz CT molecular complexity index is 1180. The minimum absolute atomic E-state index is 0.0197. The summed E-state index contributed by atoms with van der Waals surface area (Å²) in [6.07, 6.45) is 6.38. The van der Waals surface area contributed by atoms with E-state index >= 15 is 0 Å². The summed E-state index contributed by atoms with van der Waals surface area (Å²) in [4.78, 5) is 35.7. The summed E-state index contributed by atoms with van der Waals surface area (Å²) in [5.74, 6) is 1.20. The van der Waals surface area contributed by atoms with Crippen molar-refractivity contribution in [1.29, 1.82) is 0 Å². The SMILES string of the molecule is CC(C)N(Cc1ccccc1)C(=O)Cn1c(C2CC(=O)N(C3CCCCC3)C2)nc2ccccc21. The molecule has 0 N–H and O–H groups in total. The van der Waals surface area contributed by atoms with Crippen LogP contribution in [0.15, 0.2) is 54.6 Å². The van der Waals surface area contributed by atoms with E-state index < -0.39 is 0 Å². The van der Waals surface area contributed by atoms with Crippen LogP contribution in [-0.4, -0.2) is 49.8 Å². The third-order valence-corrected chi connectivity index (χ3v) is 7.66. The lowest BCUT2D eigenvalue weighted by molar-refractivity contribution is -0.134. The number of likely N-dealkylation sites (tertiary alicyclic amines) is 1. The molecule has 1 saturated heterocycles. The fourth-order valence-electron chi connectivity index (χ4n) is 5.79. The molecule has 1 atom stereocenters. The number of carbonyl (C=O) groups excluding carboxylic acids is 2. The molecule has 184 valence electrons. The van der Waals surface area contributed by atoms with Gasteiger partial charge in [-0.2, -0.15) is 0 Å². The lowest BCUT2D eigenvalue weighted by Gasteiger charge is -2.31. The second-order valence-electron chi connectivity index (χ2n) is 10.4. The highest BCUT2D eigenvalue weighted by Gasteiger charge is 2.38. The average Bonchev–Trinajstić information content (AvgIpc) is 3.44. The molecule has 1 unspecified atom stereocenters. The van der Waals surface area contributed by atoms with Crippen LogP contribution >= 0.6 is 0 Å².